The minimum Gasteiger partial charge on any atom is -0.255 e. The van der Waals surface area contributed by atoms with Crippen molar-refractivity contribution < 1.29 is 0 Å². The second kappa shape index (κ2) is 3.60. The third kappa shape index (κ3) is 2.31. The van der Waals surface area contributed by atoms with Crippen molar-refractivity contribution in [1.82, 2.24) is 3.53 Å². The maximum Gasteiger partial charge on any atom is 0.0246 e. The highest BCUT2D eigenvalue weighted by Crippen LogP contribution is 2.37. The van der Waals surface area contributed by atoms with Crippen LogP contribution in [0.1, 0.15) is 40.0 Å². The number of nitrogens with one attached hydrogen (secondary N) is 1. The zero-order valence-electron chi connectivity index (χ0n) is 7.65. The first kappa shape index (κ1) is 9.78. The summed E-state index contributed by atoms with van der Waals surface area (Å²) in [5, 5.41) is 0. The summed E-state index contributed by atoms with van der Waals surface area (Å²) in [7, 11) is 0. The van der Waals surface area contributed by atoms with E-state index >= 15 is 0 Å². The third-order valence-electron chi connectivity index (χ3n) is 2.96. The highest BCUT2D eigenvalue weighted by Gasteiger charge is 2.33. The monoisotopic (exact) mass is 267 g/mol. The lowest BCUT2D eigenvalue weighted by atomic mass is 9.87. The van der Waals surface area contributed by atoms with Crippen molar-refractivity contribution >= 4 is 22.9 Å². The Balaban J connectivity index is 2.48. The molecule has 0 saturated heterocycles. The average Bonchev–Trinajstić information content (AvgIpc) is 2.36. The largest absolute Gasteiger partial charge is 0.255 e. The second-order valence-electron chi connectivity index (χ2n) is 4.43. The van der Waals surface area contributed by atoms with Crippen LogP contribution in [-0.4, -0.2) is 5.54 Å². The molecule has 1 fully saturated rings. The van der Waals surface area contributed by atoms with Crippen molar-refractivity contribution in [1.29, 1.82) is 0 Å². The van der Waals surface area contributed by atoms with Gasteiger partial charge in [-0.25, -0.2) is 0 Å². The summed E-state index contributed by atoms with van der Waals surface area (Å²) in [6.45, 7) is 6.98. The predicted octanol–water partition coefficient (Wildman–Crippen LogP) is 3.14. The van der Waals surface area contributed by atoms with Crippen molar-refractivity contribution in [2.45, 2.75) is 45.6 Å². The molecule has 0 spiro atoms. The Morgan fingerprint density at radius 2 is 2.00 bits per heavy atom. The quantitative estimate of drug-likeness (QED) is 0.598. The number of rotatable bonds is 2. The van der Waals surface area contributed by atoms with Gasteiger partial charge in [0.25, 0.3) is 0 Å². The van der Waals surface area contributed by atoms with Gasteiger partial charge < -0.3 is 0 Å². The van der Waals surface area contributed by atoms with Gasteiger partial charge in [-0.1, -0.05) is 13.3 Å². The van der Waals surface area contributed by atoms with Crippen molar-refractivity contribution in [3.63, 3.8) is 0 Å². The molecule has 11 heavy (non-hydrogen) atoms. The van der Waals surface area contributed by atoms with Crippen LogP contribution in [0.2, 0.25) is 0 Å². The summed E-state index contributed by atoms with van der Waals surface area (Å²) in [4.78, 5) is 0. The molecule has 1 rings (SSSR count). The third-order valence-corrected chi connectivity index (χ3v) is 4.35. The molecule has 0 aromatic heterocycles. The molecule has 0 aromatic carbocycles. The van der Waals surface area contributed by atoms with E-state index in [0.29, 0.717) is 5.54 Å². The fraction of sp³-hybridized carbons (Fsp3) is 1.00. The molecule has 1 saturated carbocycles. The fourth-order valence-corrected chi connectivity index (χ4v) is 2.38. The minimum atomic E-state index is 0.339. The van der Waals surface area contributed by atoms with E-state index in [-0.39, 0.29) is 0 Å². The summed E-state index contributed by atoms with van der Waals surface area (Å²) in [6.07, 6.45) is 4.24. The lowest BCUT2D eigenvalue weighted by molar-refractivity contribution is 0.306. The van der Waals surface area contributed by atoms with E-state index in [0.717, 1.165) is 11.8 Å². The van der Waals surface area contributed by atoms with Crippen molar-refractivity contribution in [2.24, 2.45) is 11.8 Å². The Labute approximate surface area is 83.8 Å². The topological polar surface area (TPSA) is 12.0 Å². The predicted molar refractivity (Wildman–Crippen MR) is 57.7 cm³/mol. The van der Waals surface area contributed by atoms with Crippen LogP contribution < -0.4 is 3.53 Å². The first-order chi connectivity index (χ1) is 5.06. The summed E-state index contributed by atoms with van der Waals surface area (Å²) in [6, 6.07) is 0. The van der Waals surface area contributed by atoms with Crippen molar-refractivity contribution in [2.75, 3.05) is 0 Å². The van der Waals surface area contributed by atoms with Crippen LogP contribution in [0.3, 0.4) is 0 Å². The molecule has 1 aliphatic rings. The van der Waals surface area contributed by atoms with Gasteiger partial charge in [0.1, 0.15) is 0 Å². The van der Waals surface area contributed by atoms with Gasteiger partial charge >= 0.3 is 0 Å². The molecule has 0 radical (unpaired) electrons. The van der Waals surface area contributed by atoms with E-state index in [4.69, 9.17) is 0 Å². The zero-order chi connectivity index (χ0) is 8.48. The van der Waals surface area contributed by atoms with Gasteiger partial charge in [0.15, 0.2) is 0 Å². The molecule has 66 valence electrons. The van der Waals surface area contributed by atoms with Crippen LogP contribution in [0.25, 0.3) is 0 Å². The van der Waals surface area contributed by atoms with E-state index in [1.807, 2.05) is 0 Å². The van der Waals surface area contributed by atoms with E-state index < -0.39 is 0 Å². The first-order valence-corrected chi connectivity index (χ1v) is 5.52. The Hall–Kier alpha value is 0.690. The smallest absolute Gasteiger partial charge is 0.0246 e. The summed E-state index contributed by atoms with van der Waals surface area (Å²) in [5.41, 5.74) is 0.339. The SMILES string of the molecule is CC1CCC(C(C)(C)NI)C1. The van der Waals surface area contributed by atoms with Crippen molar-refractivity contribution in [3.8, 4) is 0 Å². The second-order valence-corrected chi connectivity index (χ2v) is 4.97. The standard InChI is InChI=1S/C9H18IN/c1-7-4-5-8(6-7)9(2,3)11-10/h7-8,11H,4-6H2,1-3H3. The van der Waals surface area contributed by atoms with E-state index in [1.54, 1.807) is 0 Å². The van der Waals surface area contributed by atoms with Crippen LogP contribution in [0.4, 0.5) is 0 Å². The molecule has 2 atom stereocenters. The molecule has 0 aliphatic heterocycles. The summed E-state index contributed by atoms with van der Waals surface area (Å²) >= 11 is 2.28. The Bertz CT molecular complexity index is 134. The maximum atomic E-state index is 3.37. The normalized spacial score (nSPS) is 32.7. The van der Waals surface area contributed by atoms with Crippen LogP contribution >= 0.6 is 22.9 Å². The Morgan fingerprint density at radius 3 is 2.36 bits per heavy atom. The summed E-state index contributed by atoms with van der Waals surface area (Å²) < 4.78 is 3.37. The number of hydrogen-bond acceptors (Lipinski definition) is 1. The number of halogens is 1. The molecule has 2 heteroatoms. The van der Waals surface area contributed by atoms with E-state index in [1.165, 1.54) is 19.3 Å². The molecular weight excluding hydrogens is 249 g/mol. The van der Waals surface area contributed by atoms with Gasteiger partial charge in [-0.05, 0) is 38.5 Å². The van der Waals surface area contributed by atoms with Crippen molar-refractivity contribution in [3.05, 3.63) is 0 Å². The molecule has 1 nitrogen and oxygen atoms in total. The van der Waals surface area contributed by atoms with Crippen LogP contribution in [0.5, 0.6) is 0 Å². The Kier molecular flexibility index (Phi) is 3.20. The van der Waals surface area contributed by atoms with E-state index in [2.05, 4.69) is 47.2 Å². The zero-order valence-corrected chi connectivity index (χ0v) is 9.81. The molecule has 2 unspecified atom stereocenters. The summed E-state index contributed by atoms with van der Waals surface area (Å²) in [5.74, 6) is 1.83. The molecule has 1 aliphatic carbocycles. The first-order valence-electron chi connectivity index (χ1n) is 4.44. The molecule has 0 bridgehead atoms. The minimum absolute atomic E-state index is 0.339. The highest BCUT2D eigenvalue weighted by molar-refractivity contribution is 14.1. The average molecular weight is 267 g/mol. The molecular formula is C9H18IN. The molecule has 0 aromatic rings. The van der Waals surface area contributed by atoms with Gasteiger partial charge in [-0.15, -0.1) is 0 Å². The van der Waals surface area contributed by atoms with Gasteiger partial charge in [-0.2, -0.15) is 0 Å². The highest BCUT2D eigenvalue weighted by atomic mass is 127. The van der Waals surface area contributed by atoms with Crippen LogP contribution in [0, 0.1) is 11.8 Å². The van der Waals surface area contributed by atoms with Gasteiger partial charge in [0, 0.05) is 28.4 Å². The molecule has 0 amide bonds. The Morgan fingerprint density at radius 1 is 1.36 bits per heavy atom. The van der Waals surface area contributed by atoms with Crippen LogP contribution in [0.15, 0.2) is 0 Å². The fourth-order valence-electron chi connectivity index (χ4n) is 1.94. The lowest BCUT2D eigenvalue weighted by Crippen LogP contribution is -2.39. The lowest BCUT2D eigenvalue weighted by Gasteiger charge is -2.30. The molecule has 1 N–H and O–H groups in total. The maximum absolute atomic E-state index is 3.37. The van der Waals surface area contributed by atoms with Gasteiger partial charge in [-0.3, -0.25) is 3.53 Å². The molecule has 0 heterocycles. The van der Waals surface area contributed by atoms with Gasteiger partial charge in [0.05, 0.1) is 0 Å². The van der Waals surface area contributed by atoms with E-state index in [9.17, 15) is 0 Å². The van der Waals surface area contributed by atoms with Gasteiger partial charge in [0.2, 0.25) is 0 Å². The number of hydrogen-bond donors (Lipinski definition) is 1. The van der Waals surface area contributed by atoms with Crippen LogP contribution in [-0.2, 0) is 0 Å².